The maximum absolute atomic E-state index is 13.9. The van der Waals surface area contributed by atoms with E-state index in [0.29, 0.717) is 0 Å². The molecule has 1 aromatic rings. The minimum atomic E-state index is -0.145. The van der Waals surface area contributed by atoms with Gasteiger partial charge in [0.25, 0.3) is 0 Å². The quantitative estimate of drug-likeness (QED) is 0.904. The van der Waals surface area contributed by atoms with Crippen LogP contribution >= 0.6 is 0 Å². The van der Waals surface area contributed by atoms with E-state index in [1.807, 2.05) is 19.2 Å². The molecule has 3 nitrogen and oxygen atoms in total. The molecule has 0 aliphatic carbocycles. The smallest absolute Gasteiger partial charge is 0.128 e. The standard InChI is InChI=1S/C15H23FN2O/c1-15(2)11-19-9-8-18(15)10-14(17-3)12-6-4-5-7-13(12)16/h4-7,14,17H,8-11H2,1-3H3. The van der Waals surface area contributed by atoms with Gasteiger partial charge in [-0.15, -0.1) is 0 Å². The van der Waals surface area contributed by atoms with Crippen LogP contribution in [-0.4, -0.2) is 43.8 Å². The molecule has 0 saturated carbocycles. The number of nitrogens with zero attached hydrogens (tertiary/aromatic N) is 1. The number of rotatable bonds is 4. The van der Waals surface area contributed by atoms with Crippen LogP contribution in [0.3, 0.4) is 0 Å². The molecule has 0 radical (unpaired) electrons. The largest absolute Gasteiger partial charge is 0.378 e. The second-order valence-electron chi connectivity index (χ2n) is 5.67. The van der Waals surface area contributed by atoms with Gasteiger partial charge in [0.15, 0.2) is 0 Å². The Morgan fingerprint density at radius 1 is 1.42 bits per heavy atom. The molecule has 1 aromatic carbocycles. The molecule has 1 saturated heterocycles. The summed E-state index contributed by atoms with van der Waals surface area (Å²) in [6, 6.07) is 6.98. The molecule has 0 bridgehead atoms. The van der Waals surface area contributed by atoms with Gasteiger partial charge in [0.2, 0.25) is 0 Å². The maximum atomic E-state index is 13.9. The van der Waals surface area contributed by atoms with Crippen molar-refractivity contribution in [3.05, 3.63) is 35.6 Å². The van der Waals surface area contributed by atoms with E-state index >= 15 is 0 Å². The lowest BCUT2D eigenvalue weighted by molar-refractivity contribution is -0.0544. The summed E-state index contributed by atoms with van der Waals surface area (Å²) in [6.45, 7) is 7.48. The van der Waals surface area contributed by atoms with Gasteiger partial charge in [-0.3, -0.25) is 4.90 Å². The lowest BCUT2D eigenvalue weighted by Gasteiger charge is -2.43. The molecule has 19 heavy (non-hydrogen) atoms. The first-order valence-electron chi connectivity index (χ1n) is 6.79. The number of halogens is 1. The van der Waals surface area contributed by atoms with Gasteiger partial charge in [0, 0.05) is 30.2 Å². The van der Waals surface area contributed by atoms with Crippen molar-refractivity contribution in [1.82, 2.24) is 10.2 Å². The van der Waals surface area contributed by atoms with Crippen LogP contribution in [0.2, 0.25) is 0 Å². The van der Waals surface area contributed by atoms with E-state index in [1.165, 1.54) is 6.07 Å². The van der Waals surface area contributed by atoms with Crippen molar-refractivity contribution >= 4 is 0 Å². The Labute approximate surface area is 114 Å². The maximum Gasteiger partial charge on any atom is 0.128 e. The number of hydrogen-bond acceptors (Lipinski definition) is 3. The fraction of sp³-hybridized carbons (Fsp3) is 0.600. The monoisotopic (exact) mass is 266 g/mol. The lowest BCUT2D eigenvalue weighted by atomic mass is 9.99. The fourth-order valence-electron chi connectivity index (χ4n) is 2.55. The van der Waals surface area contributed by atoms with Gasteiger partial charge in [-0.2, -0.15) is 0 Å². The van der Waals surface area contributed by atoms with Gasteiger partial charge in [0.05, 0.1) is 13.2 Å². The van der Waals surface area contributed by atoms with Crippen LogP contribution in [0.5, 0.6) is 0 Å². The van der Waals surface area contributed by atoms with Crippen molar-refractivity contribution in [2.24, 2.45) is 0 Å². The summed E-state index contributed by atoms with van der Waals surface area (Å²) < 4.78 is 19.4. The average Bonchev–Trinajstić information content (AvgIpc) is 2.38. The highest BCUT2D eigenvalue weighted by Gasteiger charge is 2.32. The zero-order valence-electron chi connectivity index (χ0n) is 11.9. The third-order valence-corrected chi connectivity index (χ3v) is 3.85. The van der Waals surface area contributed by atoms with Crippen LogP contribution in [0.1, 0.15) is 25.5 Å². The van der Waals surface area contributed by atoms with Crippen LogP contribution in [0.15, 0.2) is 24.3 Å². The average molecular weight is 266 g/mol. The molecule has 1 atom stereocenters. The first kappa shape index (κ1) is 14.4. The third kappa shape index (κ3) is 3.32. The molecule has 1 N–H and O–H groups in total. The Bertz CT molecular complexity index is 422. The topological polar surface area (TPSA) is 24.5 Å². The van der Waals surface area contributed by atoms with E-state index in [4.69, 9.17) is 4.74 Å². The summed E-state index contributed by atoms with van der Waals surface area (Å²) in [5.41, 5.74) is 0.728. The Hall–Kier alpha value is -0.970. The Balaban J connectivity index is 2.13. The summed E-state index contributed by atoms with van der Waals surface area (Å²) in [4.78, 5) is 2.37. The molecule has 0 aromatic heterocycles. The predicted octanol–water partition coefficient (Wildman–Crippen LogP) is 2.20. The summed E-state index contributed by atoms with van der Waals surface area (Å²) in [5.74, 6) is -0.145. The fourth-order valence-corrected chi connectivity index (χ4v) is 2.55. The molecule has 1 aliphatic rings. The predicted molar refractivity (Wildman–Crippen MR) is 74.7 cm³/mol. The molecular weight excluding hydrogens is 243 g/mol. The molecule has 1 aliphatic heterocycles. The summed E-state index contributed by atoms with van der Waals surface area (Å²) in [7, 11) is 1.88. The van der Waals surface area contributed by atoms with Gasteiger partial charge in [-0.05, 0) is 27.0 Å². The zero-order chi connectivity index (χ0) is 13.9. The van der Waals surface area contributed by atoms with Crippen LogP contribution < -0.4 is 5.32 Å². The minimum absolute atomic E-state index is 0.00132. The van der Waals surface area contributed by atoms with Crippen molar-refractivity contribution in [3.63, 3.8) is 0 Å². The Morgan fingerprint density at radius 3 is 2.79 bits per heavy atom. The number of ether oxygens (including phenoxy) is 1. The Morgan fingerprint density at radius 2 is 2.16 bits per heavy atom. The van der Waals surface area contributed by atoms with Crippen molar-refractivity contribution in [3.8, 4) is 0 Å². The summed E-state index contributed by atoms with van der Waals surface area (Å²) in [6.07, 6.45) is 0. The van der Waals surface area contributed by atoms with Crippen LogP contribution in [0.25, 0.3) is 0 Å². The van der Waals surface area contributed by atoms with E-state index in [9.17, 15) is 4.39 Å². The van der Waals surface area contributed by atoms with E-state index in [-0.39, 0.29) is 17.4 Å². The van der Waals surface area contributed by atoms with Gasteiger partial charge in [-0.1, -0.05) is 18.2 Å². The van der Waals surface area contributed by atoms with Gasteiger partial charge in [-0.25, -0.2) is 4.39 Å². The molecule has 1 unspecified atom stereocenters. The SMILES string of the molecule is CNC(CN1CCOCC1(C)C)c1ccccc1F. The van der Waals surface area contributed by atoms with E-state index in [1.54, 1.807) is 6.07 Å². The van der Waals surface area contributed by atoms with E-state index in [0.717, 1.165) is 31.9 Å². The van der Waals surface area contributed by atoms with E-state index in [2.05, 4.69) is 24.1 Å². The van der Waals surface area contributed by atoms with Crippen LogP contribution in [0, 0.1) is 5.82 Å². The molecule has 1 fully saturated rings. The third-order valence-electron chi connectivity index (χ3n) is 3.85. The molecule has 4 heteroatoms. The van der Waals surface area contributed by atoms with Crippen molar-refractivity contribution < 1.29 is 9.13 Å². The van der Waals surface area contributed by atoms with Gasteiger partial charge in [0.1, 0.15) is 5.82 Å². The first-order valence-corrected chi connectivity index (χ1v) is 6.79. The highest BCUT2D eigenvalue weighted by Crippen LogP contribution is 2.24. The van der Waals surface area contributed by atoms with E-state index < -0.39 is 0 Å². The number of likely N-dealkylation sites (N-methyl/N-ethyl adjacent to an activating group) is 1. The highest BCUT2D eigenvalue weighted by atomic mass is 19.1. The number of benzene rings is 1. The molecule has 106 valence electrons. The lowest BCUT2D eigenvalue weighted by Crippen LogP contribution is -2.55. The second-order valence-corrected chi connectivity index (χ2v) is 5.67. The van der Waals surface area contributed by atoms with Gasteiger partial charge >= 0.3 is 0 Å². The molecule has 0 amide bonds. The first-order chi connectivity index (χ1) is 9.04. The summed E-state index contributed by atoms with van der Waals surface area (Å²) >= 11 is 0. The highest BCUT2D eigenvalue weighted by molar-refractivity contribution is 5.21. The molecular formula is C15H23FN2O. The zero-order valence-corrected chi connectivity index (χ0v) is 11.9. The second kappa shape index (κ2) is 5.99. The molecule has 1 heterocycles. The van der Waals surface area contributed by atoms with Crippen molar-refractivity contribution in [2.45, 2.75) is 25.4 Å². The summed E-state index contributed by atoms with van der Waals surface area (Å²) in [5, 5.41) is 3.22. The van der Waals surface area contributed by atoms with Crippen LogP contribution in [0.4, 0.5) is 4.39 Å². The number of hydrogen-bond donors (Lipinski definition) is 1. The minimum Gasteiger partial charge on any atom is -0.378 e. The molecule has 0 spiro atoms. The van der Waals surface area contributed by atoms with Crippen LogP contribution in [-0.2, 0) is 4.74 Å². The number of morpholine rings is 1. The Kier molecular flexibility index (Phi) is 4.55. The normalized spacial score (nSPS) is 21.3. The molecule has 2 rings (SSSR count). The van der Waals surface area contributed by atoms with Crippen molar-refractivity contribution in [1.29, 1.82) is 0 Å². The van der Waals surface area contributed by atoms with Gasteiger partial charge < -0.3 is 10.1 Å². The number of nitrogens with one attached hydrogen (secondary N) is 1. The van der Waals surface area contributed by atoms with Crippen molar-refractivity contribution in [2.75, 3.05) is 33.4 Å².